The average molecular weight is 274 g/mol. The molecule has 2 heterocycles. The maximum atomic E-state index is 12.1. The van der Waals surface area contributed by atoms with Crippen molar-refractivity contribution in [2.45, 2.75) is 18.6 Å². The van der Waals surface area contributed by atoms with Crippen LogP contribution in [0.1, 0.15) is 24.2 Å². The van der Waals surface area contributed by atoms with Crippen molar-refractivity contribution in [3.05, 3.63) is 46.5 Å². The van der Waals surface area contributed by atoms with E-state index in [1.165, 1.54) is 14.2 Å². The van der Waals surface area contributed by atoms with Crippen LogP contribution >= 0.6 is 0 Å². The van der Waals surface area contributed by atoms with Gasteiger partial charge in [0.15, 0.2) is 0 Å². The predicted molar refractivity (Wildman–Crippen MR) is 68.7 cm³/mol. The summed E-state index contributed by atoms with van der Waals surface area (Å²) in [5, 5.41) is 0. The Hall–Kier alpha value is -2.14. The fourth-order valence-electron chi connectivity index (χ4n) is 3.04. The number of ether oxygens (including phenoxy) is 3. The van der Waals surface area contributed by atoms with Crippen LogP contribution in [-0.4, -0.2) is 26.2 Å². The fraction of sp³-hybridized carbons (Fsp3) is 0.333. The summed E-state index contributed by atoms with van der Waals surface area (Å²) in [7, 11) is 2.57. The van der Waals surface area contributed by atoms with E-state index >= 15 is 0 Å². The summed E-state index contributed by atoms with van der Waals surface area (Å²) >= 11 is 0. The van der Waals surface area contributed by atoms with Gasteiger partial charge in [0.2, 0.25) is 0 Å². The molecule has 2 unspecified atom stereocenters. The molecule has 0 radical (unpaired) electrons. The second kappa shape index (κ2) is 4.18. The smallest absolute Gasteiger partial charge is 0.337 e. The molecule has 0 N–H and O–H groups in total. The molecule has 2 bridgehead atoms. The minimum atomic E-state index is -0.960. The maximum absolute atomic E-state index is 12.1. The number of methoxy groups -OCH3 is 2. The summed E-state index contributed by atoms with van der Waals surface area (Å²) in [4.78, 5) is 24.1. The topological polar surface area (TPSA) is 61.8 Å². The molecule has 0 spiro atoms. The van der Waals surface area contributed by atoms with Crippen LogP contribution in [0.4, 0.5) is 0 Å². The molecule has 0 fully saturated rings. The third-order valence-electron chi connectivity index (χ3n) is 3.91. The molecule has 2 atom stereocenters. The molecule has 20 heavy (non-hydrogen) atoms. The largest absolute Gasteiger partial charge is 0.466 e. The quantitative estimate of drug-likeness (QED) is 0.767. The van der Waals surface area contributed by atoms with E-state index in [0.29, 0.717) is 0 Å². The van der Waals surface area contributed by atoms with Gasteiger partial charge in [-0.2, -0.15) is 0 Å². The Kier molecular flexibility index (Phi) is 2.69. The highest BCUT2D eigenvalue weighted by molar-refractivity contribution is 6.04. The first-order chi connectivity index (χ1) is 9.54. The Bertz CT molecular complexity index is 645. The number of hydrogen-bond acceptors (Lipinski definition) is 5. The molecule has 3 rings (SSSR count). The van der Waals surface area contributed by atoms with E-state index < -0.39 is 23.6 Å². The van der Waals surface area contributed by atoms with E-state index in [-0.39, 0.29) is 11.1 Å². The Morgan fingerprint density at radius 3 is 2.45 bits per heavy atom. The zero-order chi connectivity index (χ0) is 14.5. The maximum Gasteiger partial charge on any atom is 0.337 e. The van der Waals surface area contributed by atoms with Gasteiger partial charge in [-0.1, -0.05) is 24.3 Å². The average Bonchev–Trinajstić information content (AvgIpc) is 2.95. The molecule has 0 aromatic heterocycles. The van der Waals surface area contributed by atoms with Crippen molar-refractivity contribution < 1.29 is 23.8 Å². The number of fused-ring (bicyclic) bond motifs is 5. The monoisotopic (exact) mass is 274 g/mol. The summed E-state index contributed by atoms with van der Waals surface area (Å²) < 4.78 is 15.5. The number of carbonyl (C=O) groups is 2. The number of esters is 2. The Morgan fingerprint density at radius 1 is 1.15 bits per heavy atom. The molecule has 5 nitrogen and oxygen atoms in total. The molecule has 0 saturated heterocycles. The van der Waals surface area contributed by atoms with Gasteiger partial charge in [0.1, 0.15) is 11.7 Å². The number of rotatable bonds is 2. The SMILES string of the molecule is COC(=O)C1=C(C(=O)OC)C2(C)OC1c1ccccc12. The van der Waals surface area contributed by atoms with Crippen LogP contribution in [0.2, 0.25) is 0 Å². The third kappa shape index (κ3) is 1.41. The van der Waals surface area contributed by atoms with Crippen LogP contribution in [0.5, 0.6) is 0 Å². The summed E-state index contributed by atoms with van der Waals surface area (Å²) in [5.41, 5.74) is 1.29. The Balaban J connectivity index is 2.25. The van der Waals surface area contributed by atoms with Gasteiger partial charge in [-0.05, 0) is 18.1 Å². The molecule has 0 saturated carbocycles. The van der Waals surface area contributed by atoms with Gasteiger partial charge in [0.25, 0.3) is 0 Å². The van der Waals surface area contributed by atoms with E-state index in [2.05, 4.69) is 0 Å². The normalized spacial score (nSPS) is 26.4. The van der Waals surface area contributed by atoms with E-state index in [1.54, 1.807) is 6.92 Å². The van der Waals surface area contributed by atoms with Crippen LogP contribution in [0.15, 0.2) is 35.4 Å². The summed E-state index contributed by atoms with van der Waals surface area (Å²) in [6, 6.07) is 7.54. The van der Waals surface area contributed by atoms with Crippen LogP contribution in [0, 0.1) is 0 Å². The standard InChI is InChI=1S/C15H14O5/c1-15-9-7-5-4-6-8(9)12(20-15)10(13(16)18-2)11(15)14(17)19-3/h4-7,12H,1-3H3. The van der Waals surface area contributed by atoms with Gasteiger partial charge in [-0.25, -0.2) is 9.59 Å². The molecule has 1 aromatic rings. The second-order valence-corrected chi connectivity index (χ2v) is 4.89. The lowest BCUT2D eigenvalue weighted by Gasteiger charge is -2.24. The van der Waals surface area contributed by atoms with E-state index in [9.17, 15) is 9.59 Å². The number of carbonyl (C=O) groups excluding carboxylic acids is 2. The highest BCUT2D eigenvalue weighted by Crippen LogP contribution is 2.57. The van der Waals surface area contributed by atoms with Crippen molar-refractivity contribution in [3.63, 3.8) is 0 Å². The van der Waals surface area contributed by atoms with E-state index in [1.807, 2.05) is 24.3 Å². The first-order valence-corrected chi connectivity index (χ1v) is 6.23. The van der Waals surface area contributed by atoms with Crippen molar-refractivity contribution in [3.8, 4) is 0 Å². The molecule has 0 aliphatic carbocycles. The van der Waals surface area contributed by atoms with Gasteiger partial charge in [-0.15, -0.1) is 0 Å². The van der Waals surface area contributed by atoms with Crippen molar-refractivity contribution in [1.29, 1.82) is 0 Å². The van der Waals surface area contributed by atoms with Gasteiger partial charge < -0.3 is 14.2 Å². The first kappa shape index (κ1) is 12.9. The van der Waals surface area contributed by atoms with Crippen molar-refractivity contribution in [2.75, 3.05) is 14.2 Å². The predicted octanol–water partition coefficient (Wildman–Crippen LogP) is 1.63. The van der Waals surface area contributed by atoms with Crippen LogP contribution < -0.4 is 0 Å². The minimum absolute atomic E-state index is 0.232. The van der Waals surface area contributed by atoms with Gasteiger partial charge in [-0.3, -0.25) is 0 Å². The zero-order valence-corrected chi connectivity index (χ0v) is 11.4. The molecular formula is C15H14O5. The van der Waals surface area contributed by atoms with Crippen LogP contribution in [-0.2, 0) is 29.4 Å². The minimum Gasteiger partial charge on any atom is -0.466 e. The molecule has 5 heteroatoms. The van der Waals surface area contributed by atoms with Crippen molar-refractivity contribution in [1.82, 2.24) is 0 Å². The summed E-state index contributed by atoms with van der Waals surface area (Å²) in [6.07, 6.45) is -0.572. The molecular weight excluding hydrogens is 260 g/mol. The van der Waals surface area contributed by atoms with Crippen molar-refractivity contribution >= 4 is 11.9 Å². The molecule has 1 aromatic carbocycles. The number of benzene rings is 1. The summed E-state index contributed by atoms with van der Waals surface area (Å²) in [5.74, 6) is -1.13. The van der Waals surface area contributed by atoms with Gasteiger partial charge in [0.05, 0.1) is 25.4 Å². The molecule has 104 valence electrons. The zero-order valence-electron chi connectivity index (χ0n) is 11.4. The van der Waals surface area contributed by atoms with Crippen LogP contribution in [0.25, 0.3) is 0 Å². The van der Waals surface area contributed by atoms with E-state index in [4.69, 9.17) is 14.2 Å². The first-order valence-electron chi connectivity index (χ1n) is 6.23. The second-order valence-electron chi connectivity index (χ2n) is 4.89. The lowest BCUT2D eigenvalue weighted by Crippen LogP contribution is -2.29. The van der Waals surface area contributed by atoms with Crippen LogP contribution in [0.3, 0.4) is 0 Å². The Labute approximate surface area is 116 Å². The lowest BCUT2D eigenvalue weighted by atomic mass is 9.78. The van der Waals surface area contributed by atoms with E-state index in [0.717, 1.165) is 11.1 Å². The highest BCUT2D eigenvalue weighted by atomic mass is 16.6. The number of hydrogen-bond donors (Lipinski definition) is 0. The highest BCUT2D eigenvalue weighted by Gasteiger charge is 2.57. The summed E-state index contributed by atoms with van der Waals surface area (Å²) in [6.45, 7) is 1.77. The third-order valence-corrected chi connectivity index (χ3v) is 3.91. The van der Waals surface area contributed by atoms with Gasteiger partial charge >= 0.3 is 11.9 Å². The van der Waals surface area contributed by atoms with Crippen molar-refractivity contribution in [2.24, 2.45) is 0 Å². The fourth-order valence-corrected chi connectivity index (χ4v) is 3.04. The molecule has 0 amide bonds. The molecule has 2 aliphatic heterocycles. The Morgan fingerprint density at radius 2 is 1.80 bits per heavy atom. The van der Waals surface area contributed by atoms with Gasteiger partial charge in [0, 0.05) is 0 Å². The molecule has 2 aliphatic rings. The lowest BCUT2D eigenvalue weighted by molar-refractivity contribution is -0.139.